The number of anilines is 1. The van der Waals surface area contributed by atoms with Gasteiger partial charge in [-0.3, -0.25) is 4.84 Å². The molecule has 0 aliphatic rings. The molecule has 90 valence electrons. The minimum absolute atomic E-state index is 0.0750. The molecule has 0 fully saturated rings. The van der Waals surface area contributed by atoms with Gasteiger partial charge in [-0.1, -0.05) is 4.47 Å². The summed E-state index contributed by atoms with van der Waals surface area (Å²) >= 11 is 6.32. The number of sulfonamides is 1. The molecule has 0 radical (unpaired) electrons. The predicted octanol–water partition coefficient (Wildman–Crippen LogP) is 1.98. The van der Waals surface area contributed by atoms with Crippen molar-refractivity contribution >= 4 is 47.6 Å². The summed E-state index contributed by atoms with van der Waals surface area (Å²) in [5, 5.41) is 0. The minimum Gasteiger partial charge on any atom is -0.399 e. The summed E-state index contributed by atoms with van der Waals surface area (Å²) in [5.74, 6) is 0. The largest absolute Gasteiger partial charge is 0.399 e. The third-order valence-corrected chi connectivity index (χ3v) is 5.43. The van der Waals surface area contributed by atoms with Crippen molar-refractivity contribution in [2.45, 2.75) is 4.90 Å². The summed E-state index contributed by atoms with van der Waals surface area (Å²) in [5.41, 5.74) is 6.04. The van der Waals surface area contributed by atoms with E-state index in [0.29, 0.717) is 14.6 Å². The van der Waals surface area contributed by atoms with Crippen LogP contribution in [-0.4, -0.2) is 27.0 Å². The Labute approximate surface area is 111 Å². The van der Waals surface area contributed by atoms with Gasteiger partial charge in [-0.25, -0.2) is 8.42 Å². The van der Waals surface area contributed by atoms with Crippen LogP contribution >= 0.6 is 31.9 Å². The fourth-order valence-electron chi connectivity index (χ4n) is 1.05. The van der Waals surface area contributed by atoms with E-state index in [1.165, 1.54) is 26.3 Å². The molecule has 0 aliphatic heterocycles. The molecule has 1 rings (SSSR count). The molecule has 0 saturated heterocycles. The van der Waals surface area contributed by atoms with E-state index in [0.717, 1.165) is 4.47 Å². The highest BCUT2D eigenvalue weighted by atomic mass is 79.9. The lowest BCUT2D eigenvalue weighted by molar-refractivity contribution is -0.0259. The van der Waals surface area contributed by atoms with Gasteiger partial charge in [0, 0.05) is 21.7 Å². The van der Waals surface area contributed by atoms with Gasteiger partial charge >= 0.3 is 0 Å². The fraction of sp³-hybridized carbons (Fsp3) is 0.250. The molecule has 0 spiro atoms. The second kappa shape index (κ2) is 5.01. The predicted molar refractivity (Wildman–Crippen MR) is 68.2 cm³/mol. The van der Waals surface area contributed by atoms with Crippen molar-refractivity contribution < 1.29 is 13.3 Å². The standard InChI is InChI=1S/C8H10Br2N2O3S/c1-12(15-2)16(13,14)8-6(9)3-5(11)4-7(8)10/h3-4H,11H2,1-2H3. The molecule has 0 atom stereocenters. The van der Waals surface area contributed by atoms with Crippen LogP contribution in [0.3, 0.4) is 0 Å². The van der Waals surface area contributed by atoms with Gasteiger partial charge in [-0.05, 0) is 44.0 Å². The molecule has 1 aromatic rings. The molecule has 0 aromatic heterocycles. The maximum absolute atomic E-state index is 12.0. The first-order chi connectivity index (χ1) is 7.30. The van der Waals surface area contributed by atoms with Crippen LogP contribution in [0.5, 0.6) is 0 Å². The smallest absolute Gasteiger partial charge is 0.266 e. The van der Waals surface area contributed by atoms with E-state index in [2.05, 4.69) is 36.7 Å². The molecular formula is C8H10Br2N2O3S. The van der Waals surface area contributed by atoms with Crippen LogP contribution in [0.25, 0.3) is 0 Å². The Bertz CT molecular complexity index is 481. The number of hydroxylamine groups is 1. The molecule has 16 heavy (non-hydrogen) atoms. The van der Waals surface area contributed by atoms with E-state index in [9.17, 15) is 8.42 Å². The maximum atomic E-state index is 12.0. The van der Waals surface area contributed by atoms with Gasteiger partial charge in [-0.2, -0.15) is 0 Å². The van der Waals surface area contributed by atoms with Crippen LogP contribution in [-0.2, 0) is 14.9 Å². The highest BCUT2D eigenvalue weighted by molar-refractivity contribution is 9.11. The van der Waals surface area contributed by atoms with Gasteiger partial charge in [0.15, 0.2) is 0 Å². The zero-order valence-electron chi connectivity index (χ0n) is 8.57. The van der Waals surface area contributed by atoms with Gasteiger partial charge in [0.2, 0.25) is 0 Å². The number of rotatable bonds is 3. The lowest BCUT2D eigenvalue weighted by Crippen LogP contribution is -2.26. The molecule has 5 nitrogen and oxygen atoms in total. The Morgan fingerprint density at radius 3 is 2.12 bits per heavy atom. The van der Waals surface area contributed by atoms with Crippen LogP contribution in [0.15, 0.2) is 26.0 Å². The summed E-state index contributed by atoms with van der Waals surface area (Å²) in [4.78, 5) is 4.76. The van der Waals surface area contributed by atoms with Gasteiger partial charge in [0.05, 0.1) is 7.11 Å². The van der Waals surface area contributed by atoms with Gasteiger partial charge < -0.3 is 5.73 Å². The van der Waals surface area contributed by atoms with E-state index in [4.69, 9.17) is 5.73 Å². The fourth-order valence-corrected chi connectivity index (χ4v) is 4.57. The summed E-state index contributed by atoms with van der Waals surface area (Å²) in [6.07, 6.45) is 0. The number of benzene rings is 1. The Balaban J connectivity index is 3.45. The van der Waals surface area contributed by atoms with Gasteiger partial charge in [0.1, 0.15) is 4.90 Å². The Kier molecular flexibility index (Phi) is 4.35. The number of nitrogen functional groups attached to an aromatic ring is 1. The Hall–Kier alpha value is -0.150. The Morgan fingerprint density at radius 2 is 1.75 bits per heavy atom. The van der Waals surface area contributed by atoms with Crippen molar-refractivity contribution in [1.82, 2.24) is 4.47 Å². The van der Waals surface area contributed by atoms with E-state index < -0.39 is 10.0 Å². The van der Waals surface area contributed by atoms with Crippen LogP contribution in [0, 0.1) is 0 Å². The third kappa shape index (κ3) is 2.57. The molecule has 2 N–H and O–H groups in total. The van der Waals surface area contributed by atoms with Crippen molar-refractivity contribution in [3.8, 4) is 0 Å². The average molecular weight is 374 g/mol. The average Bonchev–Trinajstić information content (AvgIpc) is 2.14. The highest BCUT2D eigenvalue weighted by Crippen LogP contribution is 2.33. The van der Waals surface area contributed by atoms with Crippen LogP contribution in [0.2, 0.25) is 0 Å². The molecule has 0 unspecified atom stereocenters. The summed E-state index contributed by atoms with van der Waals surface area (Å²) in [6.45, 7) is 0. The first-order valence-corrected chi connectivity index (χ1v) is 7.11. The highest BCUT2D eigenvalue weighted by Gasteiger charge is 2.26. The molecule has 1 aromatic carbocycles. The number of halogens is 2. The molecule has 0 saturated carbocycles. The molecule has 0 bridgehead atoms. The molecule has 0 amide bonds. The molecule has 0 heterocycles. The van der Waals surface area contributed by atoms with E-state index in [-0.39, 0.29) is 4.90 Å². The topological polar surface area (TPSA) is 72.6 Å². The number of hydrogen-bond donors (Lipinski definition) is 1. The SMILES string of the molecule is CON(C)S(=O)(=O)c1c(Br)cc(N)cc1Br. The van der Waals surface area contributed by atoms with Crippen molar-refractivity contribution in [1.29, 1.82) is 0 Å². The summed E-state index contributed by atoms with van der Waals surface area (Å²) in [7, 11) is -1.12. The lowest BCUT2D eigenvalue weighted by Gasteiger charge is -2.16. The number of hydrogen-bond acceptors (Lipinski definition) is 4. The zero-order valence-corrected chi connectivity index (χ0v) is 12.6. The van der Waals surface area contributed by atoms with Crippen molar-refractivity contribution in [2.75, 3.05) is 19.9 Å². The van der Waals surface area contributed by atoms with E-state index in [1.54, 1.807) is 0 Å². The maximum Gasteiger partial charge on any atom is 0.266 e. The second-order valence-electron chi connectivity index (χ2n) is 2.91. The zero-order chi connectivity index (χ0) is 12.5. The second-order valence-corrected chi connectivity index (χ2v) is 6.49. The summed E-state index contributed by atoms with van der Waals surface area (Å²) in [6, 6.07) is 3.03. The summed E-state index contributed by atoms with van der Waals surface area (Å²) < 4.78 is 25.6. The normalized spacial score (nSPS) is 12.1. The van der Waals surface area contributed by atoms with Crippen LogP contribution in [0.1, 0.15) is 0 Å². The Morgan fingerprint density at radius 1 is 1.31 bits per heavy atom. The molecule has 8 heteroatoms. The van der Waals surface area contributed by atoms with Crippen LogP contribution in [0.4, 0.5) is 5.69 Å². The lowest BCUT2D eigenvalue weighted by atomic mass is 10.3. The first-order valence-electron chi connectivity index (χ1n) is 4.08. The molecular weight excluding hydrogens is 364 g/mol. The number of nitrogens with two attached hydrogens (primary N) is 1. The minimum atomic E-state index is -3.71. The van der Waals surface area contributed by atoms with Crippen molar-refractivity contribution in [2.24, 2.45) is 0 Å². The third-order valence-electron chi connectivity index (χ3n) is 1.87. The van der Waals surface area contributed by atoms with E-state index in [1.807, 2.05) is 0 Å². The van der Waals surface area contributed by atoms with Crippen LogP contribution < -0.4 is 5.73 Å². The van der Waals surface area contributed by atoms with E-state index >= 15 is 0 Å². The van der Waals surface area contributed by atoms with Gasteiger partial charge in [0.25, 0.3) is 10.0 Å². The monoisotopic (exact) mass is 372 g/mol. The molecule has 0 aliphatic carbocycles. The number of nitrogens with zero attached hydrogens (tertiary/aromatic N) is 1. The van der Waals surface area contributed by atoms with Gasteiger partial charge in [-0.15, -0.1) is 0 Å². The van der Waals surface area contributed by atoms with Crippen molar-refractivity contribution in [3.05, 3.63) is 21.1 Å². The quantitative estimate of drug-likeness (QED) is 0.649. The van der Waals surface area contributed by atoms with Crippen molar-refractivity contribution in [3.63, 3.8) is 0 Å². The first kappa shape index (κ1) is 13.9.